The van der Waals surface area contributed by atoms with Crippen molar-refractivity contribution in [1.29, 1.82) is 0 Å². The van der Waals surface area contributed by atoms with Gasteiger partial charge in [-0.15, -0.1) is 0 Å². The van der Waals surface area contributed by atoms with Crippen LogP contribution in [0.3, 0.4) is 0 Å². The lowest BCUT2D eigenvalue weighted by Gasteiger charge is -2.04. The van der Waals surface area contributed by atoms with E-state index in [1.807, 2.05) is 12.1 Å². The second-order valence-corrected chi connectivity index (χ2v) is 8.47. The summed E-state index contributed by atoms with van der Waals surface area (Å²) in [6.07, 6.45) is 16.1. The van der Waals surface area contributed by atoms with Gasteiger partial charge in [0.15, 0.2) is 0 Å². The summed E-state index contributed by atoms with van der Waals surface area (Å²) in [6, 6.07) is 10.3. The van der Waals surface area contributed by atoms with E-state index in [0.29, 0.717) is 18.1 Å². The topological polar surface area (TPSA) is 96.7 Å². The Bertz CT molecular complexity index is 733. The van der Waals surface area contributed by atoms with Gasteiger partial charge >= 0.3 is 11.9 Å². The number of hydrogen-bond acceptors (Lipinski definition) is 4. The Morgan fingerprint density at radius 1 is 0.706 bits per heavy atom. The molecule has 1 heterocycles. The molecule has 0 saturated heterocycles. The Morgan fingerprint density at radius 3 is 1.76 bits per heavy atom. The molecule has 0 unspecified atom stereocenters. The zero-order valence-electron chi connectivity index (χ0n) is 20.8. The first kappa shape index (κ1) is 29.1. The number of carboxylic acid groups (broad SMARTS) is 2. The number of aromatic nitrogens is 1. The van der Waals surface area contributed by atoms with Gasteiger partial charge in [-0.3, -0.25) is 0 Å². The first-order valence-electron chi connectivity index (χ1n) is 12.6. The van der Waals surface area contributed by atoms with Crippen molar-refractivity contribution in [2.24, 2.45) is 0 Å². The molecule has 0 spiro atoms. The van der Waals surface area contributed by atoms with E-state index in [4.69, 9.17) is 14.9 Å². The smallest absolute Gasteiger partial charge is 0.337 e. The number of carboxylic acids is 2. The third-order valence-electron chi connectivity index (χ3n) is 5.50. The van der Waals surface area contributed by atoms with Crippen molar-refractivity contribution < 1.29 is 24.5 Å². The zero-order chi connectivity index (χ0) is 25.0. The van der Waals surface area contributed by atoms with E-state index < -0.39 is 11.9 Å². The number of aryl methyl sites for hydroxylation is 1. The molecule has 2 aromatic rings. The van der Waals surface area contributed by atoms with Gasteiger partial charge in [-0.05, 0) is 43.0 Å². The van der Waals surface area contributed by atoms with E-state index in [9.17, 15) is 9.59 Å². The summed E-state index contributed by atoms with van der Waals surface area (Å²) in [7, 11) is 0. The molecule has 6 heteroatoms. The van der Waals surface area contributed by atoms with E-state index in [2.05, 4.69) is 18.8 Å². The van der Waals surface area contributed by atoms with Crippen LogP contribution in [0.1, 0.15) is 111 Å². The number of ether oxygens (including phenoxy) is 1. The Kier molecular flexibility index (Phi) is 15.9. The van der Waals surface area contributed by atoms with Crippen LogP contribution in [-0.2, 0) is 6.42 Å². The summed E-state index contributed by atoms with van der Waals surface area (Å²) < 4.78 is 5.42. The van der Waals surface area contributed by atoms with E-state index in [-0.39, 0.29) is 5.56 Å². The van der Waals surface area contributed by atoms with Crippen molar-refractivity contribution in [2.45, 2.75) is 90.9 Å². The number of aromatic carboxylic acids is 2. The lowest BCUT2D eigenvalue weighted by atomic mass is 10.0. The minimum atomic E-state index is -0.969. The van der Waals surface area contributed by atoms with Gasteiger partial charge in [-0.1, -0.05) is 83.8 Å². The van der Waals surface area contributed by atoms with Crippen molar-refractivity contribution in [3.05, 3.63) is 59.3 Å². The van der Waals surface area contributed by atoms with Gasteiger partial charge in [0.1, 0.15) is 0 Å². The van der Waals surface area contributed by atoms with Gasteiger partial charge in [-0.2, -0.15) is 0 Å². The van der Waals surface area contributed by atoms with E-state index in [0.717, 1.165) is 12.8 Å². The summed E-state index contributed by atoms with van der Waals surface area (Å²) >= 11 is 0. The number of pyridine rings is 1. The minimum Gasteiger partial charge on any atom is -0.478 e. The molecule has 2 rings (SSSR count). The molecule has 34 heavy (non-hydrogen) atoms. The van der Waals surface area contributed by atoms with Gasteiger partial charge < -0.3 is 14.9 Å². The highest BCUT2D eigenvalue weighted by Crippen LogP contribution is 2.11. The number of nitrogens with zero attached hydrogens (tertiary/aromatic N) is 1. The Hall–Kier alpha value is -2.89. The Labute approximate surface area is 204 Å². The first-order chi connectivity index (χ1) is 16.5. The summed E-state index contributed by atoms with van der Waals surface area (Å²) in [5.41, 5.74) is 1.79. The third-order valence-corrected chi connectivity index (χ3v) is 5.50. The summed E-state index contributed by atoms with van der Waals surface area (Å²) in [4.78, 5) is 25.2. The number of unbranched alkanes of at least 4 members (excludes halogenated alkanes) is 9. The van der Waals surface area contributed by atoms with Crippen molar-refractivity contribution in [2.75, 3.05) is 6.61 Å². The number of hydrogen-bond donors (Lipinski definition) is 2. The molecule has 0 radical (unpaired) electrons. The van der Waals surface area contributed by atoms with Crippen molar-refractivity contribution in [3.63, 3.8) is 0 Å². The molecule has 0 aliphatic heterocycles. The molecule has 0 bridgehead atoms. The fourth-order valence-electron chi connectivity index (χ4n) is 3.40. The predicted molar refractivity (Wildman–Crippen MR) is 136 cm³/mol. The molecule has 1 aromatic heterocycles. The molecular weight excluding hydrogens is 430 g/mol. The van der Waals surface area contributed by atoms with Crippen molar-refractivity contribution in [3.8, 4) is 5.88 Å². The van der Waals surface area contributed by atoms with Gasteiger partial charge in [0.2, 0.25) is 5.88 Å². The Morgan fingerprint density at radius 2 is 1.24 bits per heavy atom. The van der Waals surface area contributed by atoms with Crippen LogP contribution in [0.25, 0.3) is 0 Å². The maximum atomic E-state index is 10.7. The molecule has 0 atom stereocenters. The van der Waals surface area contributed by atoms with Crippen molar-refractivity contribution >= 4 is 11.9 Å². The van der Waals surface area contributed by atoms with Crippen LogP contribution in [-0.4, -0.2) is 33.7 Å². The second kappa shape index (κ2) is 18.5. The van der Waals surface area contributed by atoms with Crippen LogP contribution >= 0.6 is 0 Å². The van der Waals surface area contributed by atoms with Gasteiger partial charge in [-0.25, -0.2) is 14.6 Å². The summed E-state index contributed by atoms with van der Waals surface area (Å²) in [6.45, 7) is 5.05. The van der Waals surface area contributed by atoms with E-state index in [1.165, 1.54) is 82.0 Å². The van der Waals surface area contributed by atoms with Crippen molar-refractivity contribution in [1.82, 2.24) is 4.98 Å². The molecule has 0 aliphatic carbocycles. The largest absolute Gasteiger partial charge is 0.478 e. The second-order valence-electron chi connectivity index (χ2n) is 8.47. The molecular formula is C28H41NO5. The zero-order valence-corrected chi connectivity index (χ0v) is 20.8. The summed E-state index contributed by atoms with van der Waals surface area (Å²) in [5.74, 6) is -1.33. The highest BCUT2D eigenvalue weighted by molar-refractivity contribution is 5.87. The van der Waals surface area contributed by atoms with Crippen LogP contribution in [0.5, 0.6) is 5.88 Å². The standard InChI is InChI=1S/C15H22O2.C13H19NO3/c1-2-3-4-5-6-7-8-13-9-11-14(12-10-13)15(16)17;1-2-3-4-5-6-9-17-12-8-7-11(10-14-12)13(15)16/h9-12H,2-8H2,1H3,(H,16,17);7-8,10H,2-6,9H2,1H3,(H,15,16). The average molecular weight is 472 g/mol. The number of rotatable bonds is 16. The number of carbonyl (C=O) groups is 2. The van der Waals surface area contributed by atoms with Gasteiger partial charge in [0.25, 0.3) is 0 Å². The SMILES string of the molecule is CCCCCCCCc1ccc(C(=O)O)cc1.CCCCCCCOc1ccc(C(=O)O)cn1. The summed E-state index contributed by atoms with van der Waals surface area (Å²) in [5, 5.41) is 17.5. The van der Waals surface area contributed by atoms with Gasteiger partial charge in [0, 0.05) is 12.3 Å². The highest BCUT2D eigenvalue weighted by Gasteiger charge is 2.03. The monoisotopic (exact) mass is 471 g/mol. The molecule has 0 saturated carbocycles. The van der Waals surface area contributed by atoms with Crippen LogP contribution in [0.15, 0.2) is 42.6 Å². The van der Waals surface area contributed by atoms with Gasteiger partial charge in [0.05, 0.1) is 17.7 Å². The molecule has 0 fully saturated rings. The maximum Gasteiger partial charge on any atom is 0.337 e. The fourth-order valence-corrected chi connectivity index (χ4v) is 3.40. The number of benzene rings is 1. The molecule has 1 aromatic carbocycles. The lowest BCUT2D eigenvalue weighted by Crippen LogP contribution is -2.01. The van der Waals surface area contributed by atoms with E-state index in [1.54, 1.807) is 18.2 Å². The normalized spacial score (nSPS) is 10.3. The van der Waals surface area contributed by atoms with Crippen LogP contribution in [0.4, 0.5) is 0 Å². The first-order valence-corrected chi connectivity index (χ1v) is 12.6. The molecule has 2 N–H and O–H groups in total. The third kappa shape index (κ3) is 13.6. The average Bonchev–Trinajstić information content (AvgIpc) is 2.84. The maximum absolute atomic E-state index is 10.7. The molecule has 0 amide bonds. The van der Waals surface area contributed by atoms with E-state index >= 15 is 0 Å². The predicted octanol–water partition coefficient (Wildman–Crippen LogP) is 7.42. The fraction of sp³-hybridized carbons (Fsp3) is 0.536. The lowest BCUT2D eigenvalue weighted by molar-refractivity contribution is 0.0685. The molecule has 188 valence electrons. The van der Waals surface area contributed by atoms with Crippen LogP contribution in [0, 0.1) is 0 Å². The molecule has 0 aliphatic rings. The minimum absolute atomic E-state index is 0.181. The van der Waals surface area contributed by atoms with Crippen LogP contribution in [0.2, 0.25) is 0 Å². The molecule has 6 nitrogen and oxygen atoms in total. The van der Waals surface area contributed by atoms with Crippen LogP contribution < -0.4 is 4.74 Å². The quantitative estimate of drug-likeness (QED) is 0.247. The Balaban J connectivity index is 0.000000340. The highest BCUT2D eigenvalue weighted by atomic mass is 16.5.